The second kappa shape index (κ2) is 6.73. The molecule has 0 bridgehead atoms. The maximum Gasteiger partial charge on any atom is 0.0917 e. The minimum Gasteiger partial charge on any atom is -0.349 e. The predicted octanol–water partition coefficient (Wildman–Crippen LogP) is 4.71. The Hall–Kier alpha value is -1.17. The van der Waals surface area contributed by atoms with E-state index in [2.05, 4.69) is 83.1 Å². The molecule has 0 aliphatic heterocycles. The van der Waals surface area contributed by atoms with E-state index < -0.39 is 8.15 Å². The Balaban J connectivity index is 2.29. The van der Waals surface area contributed by atoms with Crippen LogP contribution in [0.1, 0.15) is 31.9 Å². The second-order valence-electron chi connectivity index (χ2n) is 6.80. The monoisotopic (exact) mass is 300 g/mol. The van der Waals surface area contributed by atoms with Crippen LogP contribution in [0.15, 0.2) is 48.5 Å². The Bertz CT molecular complexity index is 519. The van der Waals surface area contributed by atoms with Gasteiger partial charge >= 0.3 is 0 Å². The van der Waals surface area contributed by atoms with Crippen LogP contribution >= 0.6 is 8.15 Å². The number of hydrogen-bond acceptors (Lipinski definition) is 1. The van der Waals surface area contributed by atoms with Crippen LogP contribution in [0.25, 0.3) is 0 Å². The average Bonchev–Trinajstić information content (AvgIpc) is 2.41. The summed E-state index contributed by atoms with van der Waals surface area (Å²) >= 11 is 0. The first-order valence-electron chi connectivity index (χ1n) is 7.41. The third-order valence-corrected chi connectivity index (χ3v) is 5.09. The molecule has 0 aliphatic rings. The van der Waals surface area contributed by atoms with Crippen molar-refractivity contribution in [2.24, 2.45) is 5.41 Å². The lowest BCUT2D eigenvalue weighted by atomic mass is 9.99. The molecule has 0 spiro atoms. The van der Waals surface area contributed by atoms with Gasteiger partial charge in [-0.1, -0.05) is 80.4 Å². The van der Waals surface area contributed by atoms with Gasteiger partial charge in [0.2, 0.25) is 0 Å². The molecule has 0 atom stereocenters. The number of rotatable bonds is 4. The summed E-state index contributed by atoms with van der Waals surface area (Å²) in [6.45, 7) is 11.6. The summed E-state index contributed by atoms with van der Waals surface area (Å²) in [4.78, 5) is 0. The van der Waals surface area contributed by atoms with E-state index in [-0.39, 0.29) is 5.41 Å². The molecule has 0 amide bonds. The van der Waals surface area contributed by atoms with E-state index in [1.165, 1.54) is 21.7 Å². The van der Waals surface area contributed by atoms with E-state index in [1.54, 1.807) is 0 Å². The Kier molecular flexibility index (Phi) is 5.19. The largest absolute Gasteiger partial charge is 0.349 e. The van der Waals surface area contributed by atoms with Crippen molar-refractivity contribution in [2.75, 3.05) is 6.61 Å². The summed E-state index contributed by atoms with van der Waals surface area (Å²) in [7, 11) is -0.740. The topological polar surface area (TPSA) is 9.23 Å². The highest BCUT2D eigenvalue weighted by Gasteiger charge is 2.19. The van der Waals surface area contributed by atoms with Crippen LogP contribution in [0.4, 0.5) is 0 Å². The van der Waals surface area contributed by atoms with Gasteiger partial charge in [0.15, 0.2) is 0 Å². The van der Waals surface area contributed by atoms with Crippen LogP contribution in [-0.4, -0.2) is 6.61 Å². The number of hydrogen-bond donors (Lipinski definition) is 0. The van der Waals surface area contributed by atoms with E-state index in [1.807, 2.05) is 0 Å². The maximum absolute atomic E-state index is 6.32. The van der Waals surface area contributed by atoms with E-state index in [0.717, 1.165) is 6.61 Å². The smallest absolute Gasteiger partial charge is 0.0917 e. The fourth-order valence-electron chi connectivity index (χ4n) is 1.92. The first-order chi connectivity index (χ1) is 9.85. The van der Waals surface area contributed by atoms with Gasteiger partial charge in [0.05, 0.1) is 14.8 Å². The minimum absolute atomic E-state index is 0.177. The average molecular weight is 300 g/mol. The van der Waals surface area contributed by atoms with Crippen LogP contribution in [0.2, 0.25) is 0 Å². The van der Waals surface area contributed by atoms with Crippen molar-refractivity contribution in [1.29, 1.82) is 0 Å². The van der Waals surface area contributed by atoms with Gasteiger partial charge in [-0.05, 0) is 19.3 Å². The van der Waals surface area contributed by atoms with E-state index in [0.29, 0.717) is 0 Å². The van der Waals surface area contributed by atoms with Crippen LogP contribution in [-0.2, 0) is 4.52 Å². The van der Waals surface area contributed by atoms with Crippen molar-refractivity contribution in [2.45, 2.75) is 34.6 Å². The molecular formula is C19H25OP. The summed E-state index contributed by atoms with van der Waals surface area (Å²) in [5.74, 6) is 0. The Morgan fingerprint density at radius 1 is 0.762 bits per heavy atom. The van der Waals surface area contributed by atoms with Crippen LogP contribution in [0.3, 0.4) is 0 Å². The summed E-state index contributed by atoms with van der Waals surface area (Å²) in [5.41, 5.74) is 2.75. The molecule has 0 unspecified atom stereocenters. The fraction of sp³-hybridized carbons (Fsp3) is 0.368. The van der Waals surface area contributed by atoms with E-state index in [9.17, 15) is 0 Å². The zero-order valence-corrected chi connectivity index (χ0v) is 14.6. The highest BCUT2D eigenvalue weighted by Crippen LogP contribution is 2.37. The summed E-state index contributed by atoms with van der Waals surface area (Å²) < 4.78 is 6.32. The van der Waals surface area contributed by atoms with Crippen molar-refractivity contribution < 1.29 is 4.52 Å². The normalized spacial score (nSPS) is 11.9. The van der Waals surface area contributed by atoms with Crippen molar-refractivity contribution in [3.63, 3.8) is 0 Å². The third kappa shape index (κ3) is 4.95. The fourth-order valence-corrected chi connectivity index (χ4v) is 3.87. The minimum atomic E-state index is -0.740. The Labute approximate surface area is 130 Å². The molecule has 2 rings (SSSR count). The first kappa shape index (κ1) is 16.2. The lowest BCUT2D eigenvalue weighted by Crippen LogP contribution is -2.19. The Morgan fingerprint density at radius 2 is 1.14 bits per heavy atom. The van der Waals surface area contributed by atoms with Crippen LogP contribution < -0.4 is 10.6 Å². The number of benzene rings is 2. The molecule has 0 saturated carbocycles. The standard InChI is InChI=1S/C19H25OP/c1-15-6-10-17(11-7-15)21(20-14-19(3,4)5)18-12-8-16(2)9-13-18/h6-13H,14H2,1-5H3. The molecule has 0 heterocycles. The zero-order valence-electron chi connectivity index (χ0n) is 13.7. The van der Waals surface area contributed by atoms with Crippen LogP contribution in [0, 0.1) is 19.3 Å². The lowest BCUT2D eigenvalue weighted by Gasteiger charge is -2.24. The lowest BCUT2D eigenvalue weighted by molar-refractivity contribution is 0.220. The van der Waals surface area contributed by atoms with Crippen molar-refractivity contribution >= 4 is 18.8 Å². The highest BCUT2D eigenvalue weighted by molar-refractivity contribution is 7.68. The molecule has 1 nitrogen and oxygen atoms in total. The molecular weight excluding hydrogens is 275 g/mol. The van der Waals surface area contributed by atoms with E-state index >= 15 is 0 Å². The summed E-state index contributed by atoms with van der Waals surface area (Å²) in [5, 5.41) is 2.56. The van der Waals surface area contributed by atoms with Gasteiger partial charge in [-0.25, -0.2) is 0 Å². The Morgan fingerprint density at radius 3 is 1.48 bits per heavy atom. The molecule has 0 saturated heterocycles. The van der Waals surface area contributed by atoms with Crippen molar-refractivity contribution in [1.82, 2.24) is 0 Å². The highest BCUT2D eigenvalue weighted by atomic mass is 31.1. The quantitative estimate of drug-likeness (QED) is 0.743. The second-order valence-corrected chi connectivity index (χ2v) is 8.68. The predicted molar refractivity (Wildman–Crippen MR) is 94.0 cm³/mol. The molecule has 0 radical (unpaired) electrons. The molecule has 112 valence electrons. The van der Waals surface area contributed by atoms with Gasteiger partial charge in [-0.15, -0.1) is 0 Å². The molecule has 2 heteroatoms. The molecule has 0 N–H and O–H groups in total. The van der Waals surface area contributed by atoms with Crippen molar-refractivity contribution in [3.05, 3.63) is 59.7 Å². The van der Waals surface area contributed by atoms with Crippen molar-refractivity contribution in [3.8, 4) is 0 Å². The van der Waals surface area contributed by atoms with Gasteiger partial charge in [0, 0.05) is 10.6 Å². The molecule has 0 aliphatic carbocycles. The van der Waals surface area contributed by atoms with Gasteiger partial charge in [-0.3, -0.25) is 0 Å². The SMILES string of the molecule is Cc1ccc(P(OCC(C)(C)C)c2ccc(C)cc2)cc1. The summed E-state index contributed by atoms with van der Waals surface area (Å²) in [6.07, 6.45) is 0. The maximum atomic E-state index is 6.32. The molecule has 21 heavy (non-hydrogen) atoms. The van der Waals surface area contributed by atoms with E-state index in [4.69, 9.17) is 4.52 Å². The first-order valence-corrected chi connectivity index (χ1v) is 8.67. The zero-order chi connectivity index (χ0) is 15.5. The molecule has 0 aromatic heterocycles. The molecule has 2 aromatic rings. The van der Waals surface area contributed by atoms with Gasteiger partial charge in [0.1, 0.15) is 0 Å². The molecule has 0 fully saturated rings. The van der Waals surface area contributed by atoms with Gasteiger partial charge in [-0.2, -0.15) is 0 Å². The summed E-state index contributed by atoms with van der Waals surface area (Å²) in [6, 6.07) is 17.5. The van der Waals surface area contributed by atoms with Gasteiger partial charge in [0.25, 0.3) is 0 Å². The molecule has 2 aromatic carbocycles. The van der Waals surface area contributed by atoms with Crippen LogP contribution in [0.5, 0.6) is 0 Å². The van der Waals surface area contributed by atoms with Gasteiger partial charge < -0.3 is 4.52 Å². The third-order valence-electron chi connectivity index (χ3n) is 3.16. The number of aryl methyl sites for hydroxylation is 2.